The van der Waals surface area contributed by atoms with Crippen LogP contribution in [0.15, 0.2) is 53.1 Å². The number of rotatable bonds is 4. The van der Waals surface area contributed by atoms with Gasteiger partial charge in [0.2, 0.25) is 11.7 Å². The molecule has 2 bridgehead atoms. The van der Waals surface area contributed by atoms with Crippen LogP contribution < -0.4 is 4.74 Å². The van der Waals surface area contributed by atoms with Crippen molar-refractivity contribution < 1.29 is 18.8 Å². The normalized spacial score (nSPS) is 29.3. The third-order valence-corrected chi connectivity index (χ3v) is 6.58. The van der Waals surface area contributed by atoms with Gasteiger partial charge < -0.3 is 14.0 Å². The summed E-state index contributed by atoms with van der Waals surface area (Å²) in [7, 11) is 0. The van der Waals surface area contributed by atoms with Gasteiger partial charge in [0.25, 0.3) is 0 Å². The van der Waals surface area contributed by atoms with Crippen LogP contribution in [0.2, 0.25) is 0 Å². The summed E-state index contributed by atoms with van der Waals surface area (Å²) in [5.74, 6) is 3.15. The van der Waals surface area contributed by atoms with E-state index >= 15 is 0 Å². The Bertz CT molecular complexity index is 1070. The topological polar surface area (TPSA) is 74.5 Å². The van der Waals surface area contributed by atoms with Crippen molar-refractivity contribution in [3.8, 4) is 22.9 Å². The minimum atomic E-state index is -0.114. The second-order valence-corrected chi connectivity index (χ2v) is 8.32. The molecule has 0 amide bonds. The van der Waals surface area contributed by atoms with Gasteiger partial charge >= 0.3 is 5.97 Å². The third-order valence-electron chi connectivity index (χ3n) is 6.58. The number of ether oxygens (including phenoxy) is 2. The standard InChI is InChI=1S/C23H20N2O4/c1-12-2-6-15(7-3-12)27-16-8-4-13(5-9-16)21-24-22(29-25-21)19-14-10-17-18(11-14)28-23(26)20(17)19/h2-9,14,17-20H,10-11H2,1H3/t14-,17-,18-,19-,20+/m1/s1. The van der Waals surface area contributed by atoms with Crippen molar-refractivity contribution in [3.63, 3.8) is 0 Å². The molecule has 0 N–H and O–H groups in total. The van der Waals surface area contributed by atoms with Crippen molar-refractivity contribution in [2.75, 3.05) is 0 Å². The van der Waals surface area contributed by atoms with Crippen LogP contribution in [-0.2, 0) is 9.53 Å². The molecular formula is C23H20N2O4. The summed E-state index contributed by atoms with van der Waals surface area (Å²) < 4.78 is 17.0. The lowest BCUT2D eigenvalue weighted by molar-refractivity contribution is -0.143. The lowest BCUT2D eigenvalue weighted by Crippen LogP contribution is -2.24. The number of benzene rings is 2. The SMILES string of the molecule is Cc1ccc(Oc2ccc(-c3noc([C@@H]4[C@@H]5C[C@H]6[C@@H]4C(=O)O[C@@H]6C5)n3)cc2)cc1. The fourth-order valence-electron chi connectivity index (χ4n) is 5.24. The van der Waals surface area contributed by atoms with Gasteiger partial charge in [0.1, 0.15) is 17.6 Å². The fourth-order valence-corrected chi connectivity index (χ4v) is 5.24. The highest BCUT2D eigenvalue weighted by molar-refractivity contribution is 5.78. The van der Waals surface area contributed by atoms with Crippen molar-refractivity contribution in [1.29, 1.82) is 0 Å². The zero-order chi connectivity index (χ0) is 19.5. The molecular weight excluding hydrogens is 368 g/mol. The molecule has 5 atom stereocenters. The molecule has 0 unspecified atom stereocenters. The van der Waals surface area contributed by atoms with E-state index in [0.717, 1.165) is 29.9 Å². The summed E-state index contributed by atoms with van der Waals surface area (Å²) in [4.78, 5) is 16.9. The molecule has 3 aromatic rings. The predicted molar refractivity (Wildman–Crippen MR) is 103 cm³/mol. The van der Waals surface area contributed by atoms with E-state index in [9.17, 15) is 4.79 Å². The first-order valence-corrected chi connectivity index (χ1v) is 10.0. The van der Waals surface area contributed by atoms with Crippen molar-refractivity contribution in [3.05, 3.63) is 60.0 Å². The average Bonchev–Trinajstić information content (AvgIpc) is 3.46. The van der Waals surface area contributed by atoms with Gasteiger partial charge in [-0.15, -0.1) is 0 Å². The number of nitrogens with zero attached hydrogens (tertiary/aromatic N) is 2. The van der Waals surface area contributed by atoms with Gasteiger partial charge in [0.05, 0.1) is 11.8 Å². The first-order chi connectivity index (χ1) is 14.2. The number of hydrogen-bond acceptors (Lipinski definition) is 6. The van der Waals surface area contributed by atoms with Crippen LogP contribution >= 0.6 is 0 Å². The maximum absolute atomic E-state index is 12.2. The van der Waals surface area contributed by atoms with E-state index in [1.54, 1.807) is 0 Å². The summed E-state index contributed by atoms with van der Waals surface area (Å²) in [6, 6.07) is 15.5. The molecule has 6 rings (SSSR count). The van der Waals surface area contributed by atoms with E-state index in [-0.39, 0.29) is 23.9 Å². The molecule has 1 aliphatic heterocycles. The zero-order valence-corrected chi connectivity index (χ0v) is 15.9. The predicted octanol–water partition coefficient (Wildman–Crippen LogP) is 4.50. The van der Waals surface area contributed by atoms with Crippen molar-refractivity contribution in [2.24, 2.45) is 17.8 Å². The Morgan fingerprint density at radius 1 is 0.966 bits per heavy atom. The number of carbonyl (C=O) groups excluding carboxylic acids is 1. The van der Waals surface area contributed by atoms with Crippen LogP contribution in [-0.4, -0.2) is 22.2 Å². The highest BCUT2D eigenvalue weighted by Crippen LogP contribution is 2.61. The van der Waals surface area contributed by atoms with E-state index in [1.165, 1.54) is 5.56 Å². The van der Waals surface area contributed by atoms with E-state index in [0.29, 0.717) is 23.6 Å². The Hall–Kier alpha value is -3.15. The summed E-state index contributed by atoms with van der Waals surface area (Å²) >= 11 is 0. The monoisotopic (exact) mass is 388 g/mol. The van der Waals surface area contributed by atoms with Crippen LogP contribution in [0, 0.1) is 24.7 Å². The molecule has 2 aromatic carbocycles. The maximum Gasteiger partial charge on any atom is 0.310 e. The lowest BCUT2D eigenvalue weighted by Gasteiger charge is -2.20. The Morgan fingerprint density at radius 2 is 1.69 bits per heavy atom. The van der Waals surface area contributed by atoms with Gasteiger partial charge in [0.15, 0.2) is 0 Å². The van der Waals surface area contributed by atoms with Gasteiger partial charge in [-0.1, -0.05) is 22.9 Å². The molecule has 0 spiro atoms. The molecule has 2 aliphatic carbocycles. The number of aryl methyl sites for hydroxylation is 1. The molecule has 6 nitrogen and oxygen atoms in total. The first kappa shape index (κ1) is 16.8. The molecule has 3 aliphatic rings. The van der Waals surface area contributed by atoms with Gasteiger partial charge in [-0.25, -0.2) is 0 Å². The summed E-state index contributed by atoms with van der Waals surface area (Å²) in [6.45, 7) is 2.04. The number of hydrogen-bond donors (Lipinski definition) is 0. The summed E-state index contributed by atoms with van der Waals surface area (Å²) in [5, 5.41) is 4.17. The lowest BCUT2D eigenvalue weighted by atomic mass is 9.80. The number of fused-ring (bicyclic) bond motifs is 1. The van der Waals surface area contributed by atoms with Gasteiger partial charge in [-0.2, -0.15) is 4.98 Å². The molecule has 29 heavy (non-hydrogen) atoms. The van der Waals surface area contributed by atoms with Crippen LogP contribution in [0.3, 0.4) is 0 Å². The number of esters is 1. The zero-order valence-electron chi connectivity index (χ0n) is 15.9. The third kappa shape index (κ3) is 2.66. The molecule has 1 aromatic heterocycles. The van der Waals surface area contributed by atoms with Crippen LogP contribution in [0.25, 0.3) is 11.4 Å². The molecule has 2 heterocycles. The maximum atomic E-state index is 12.2. The van der Waals surface area contributed by atoms with E-state index in [4.69, 9.17) is 14.0 Å². The van der Waals surface area contributed by atoms with Gasteiger partial charge in [0, 0.05) is 11.5 Å². The Morgan fingerprint density at radius 3 is 2.45 bits per heavy atom. The van der Waals surface area contributed by atoms with Gasteiger partial charge in [-0.3, -0.25) is 4.79 Å². The summed E-state index contributed by atoms with van der Waals surface area (Å²) in [6.07, 6.45) is 2.05. The highest BCUT2D eigenvalue weighted by atomic mass is 16.6. The van der Waals surface area contributed by atoms with Crippen LogP contribution in [0.4, 0.5) is 0 Å². The molecule has 3 fully saturated rings. The minimum absolute atomic E-state index is 0.00311. The highest BCUT2D eigenvalue weighted by Gasteiger charge is 2.63. The van der Waals surface area contributed by atoms with E-state index in [1.807, 2.05) is 55.5 Å². The molecule has 2 saturated carbocycles. The van der Waals surface area contributed by atoms with E-state index < -0.39 is 0 Å². The number of aromatic nitrogens is 2. The van der Waals surface area contributed by atoms with E-state index in [2.05, 4.69) is 10.1 Å². The van der Waals surface area contributed by atoms with Gasteiger partial charge in [-0.05, 0) is 62.1 Å². The second kappa shape index (κ2) is 6.17. The molecule has 0 radical (unpaired) electrons. The average molecular weight is 388 g/mol. The summed E-state index contributed by atoms with van der Waals surface area (Å²) in [5.41, 5.74) is 2.05. The Kier molecular flexibility index (Phi) is 3.57. The number of carbonyl (C=O) groups is 1. The molecule has 146 valence electrons. The Balaban J connectivity index is 1.21. The second-order valence-electron chi connectivity index (χ2n) is 8.32. The molecule has 6 heteroatoms. The van der Waals surface area contributed by atoms with Crippen LogP contribution in [0.1, 0.15) is 30.2 Å². The quantitative estimate of drug-likeness (QED) is 0.613. The fraction of sp³-hybridized carbons (Fsp3) is 0.348. The minimum Gasteiger partial charge on any atom is -0.462 e. The first-order valence-electron chi connectivity index (χ1n) is 10.0. The van der Waals surface area contributed by atoms with Crippen molar-refractivity contribution >= 4 is 5.97 Å². The largest absolute Gasteiger partial charge is 0.462 e. The smallest absolute Gasteiger partial charge is 0.310 e. The van der Waals surface area contributed by atoms with Crippen molar-refractivity contribution in [2.45, 2.75) is 31.8 Å². The van der Waals surface area contributed by atoms with Crippen LogP contribution in [0.5, 0.6) is 11.5 Å². The Labute approximate surface area is 167 Å². The molecule has 1 saturated heterocycles. The van der Waals surface area contributed by atoms with Crippen molar-refractivity contribution in [1.82, 2.24) is 10.1 Å².